The SMILES string of the molecule is CCONC1CC(C)N(C2CC2)C1. The highest BCUT2D eigenvalue weighted by molar-refractivity contribution is 4.95. The lowest BCUT2D eigenvalue weighted by Gasteiger charge is -2.19. The lowest BCUT2D eigenvalue weighted by Crippen LogP contribution is -2.34. The molecule has 0 bridgehead atoms. The van der Waals surface area contributed by atoms with E-state index in [0.29, 0.717) is 6.04 Å². The largest absolute Gasteiger partial charge is 0.302 e. The van der Waals surface area contributed by atoms with E-state index in [1.54, 1.807) is 0 Å². The summed E-state index contributed by atoms with van der Waals surface area (Å²) in [6.07, 6.45) is 4.05. The van der Waals surface area contributed by atoms with Crippen LogP contribution in [-0.4, -0.2) is 36.2 Å². The molecule has 2 rings (SSSR count). The lowest BCUT2D eigenvalue weighted by atomic mass is 10.2. The van der Waals surface area contributed by atoms with Crippen molar-refractivity contribution < 1.29 is 4.84 Å². The second-order valence-electron chi connectivity index (χ2n) is 4.26. The number of rotatable bonds is 4. The van der Waals surface area contributed by atoms with Crippen LogP contribution in [0.3, 0.4) is 0 Å². The quantitative estimate of drug-likeness (QED) is 0.663. The van der Waals surface area contributed by atoms with E-state index < -0.39 is 0 Å². The zero-order valence-corrected chi connectivity index (χ0v) is 8.62. The van der Waals surface area contributed by atoms with Gasteiger partial charge in [0.15, 0.2) is 0 Å². The van der Waals surface area contributed by atoms with Crippen LogP contribution in [-0.2, 0) is 4.84 Å². The first-order chi connectivity index (χ1) is 6.31. The van der Waals surface area contributed by atoms with Gasteiger partial charge in [0.25, 0.3) is 0 Å². The van der Waals surface area contributed by atoms with Gasteiger partial charge in [-0.1, -0.05) is 0 Å². The van der Waals surface area contributed by atoms with Crippen LogP contribution in [0.4, 0.5) is 0 Å². The number of nitrogens with one attached hydrogen (secondary N) is 1. The van der Waals surface area contributed by atoms with Gasteiger partial charge in [0, 0.05) is 24.7 Å². The fourth-order valence-electron chi connectivity index (χ4n) is 2.26. The summed E-state index contributed by atoms with van der Waals surface area (Å²) in [6.45, 7) is 6.27. The Labute approximate surface area is 80.4 Å². The molecule has 1 saturated carbocycles. The molecule has 3 nitrogen and oxygen atoms in total. The van der Waals surface area contributed by atoms with Crippen LogP contribution in [0, 0.1) is 0 Å². The number of hydroxylamine groups is 1. The smallest absolute Gasteiger partial charge is 0.0654 e. The monoisotopic (exact) mass is 184 g/mol. The van der Waals surface area contributed by atoms with Crippen molar-refractivity contribution in [2.24, 2.45) is 0 Å². The van der Waals surface area contributed by atoms with Gasteiger partial charge in [-0.15, -0.1) is 0 Å². The Morgan fingerprint density at radius 3 is 2.85 bits per heavy atom. The van der Waals surface area contributed by atoms with E-state index in [2.05, 4.69) is 17.3 Å². The van der Waals surface area contributed by atoms with Gasteiger partial charge in [-0.25, -0.2) is 0 Å². The predicted molar refractivity (Wildman–Crippen MR) is 52.4 cm³/mol. The molecule has 0 amide bonds. The second-order valence-corrected chi connectivity index (χ2v) is 4.26. The highest BCUT2D eigenvalue weighted by atomic mass is 16.6. The fraction of sp³-hybridized carbons (Fsp3) is 1.00. The summed E-state index contributed by atoms with van der Waals surface area (Å²) in [4.78, 5) is 7.86. The molecule has 0 spiro atoms. The van der Waals surface area contributed by atoms with Gasteiger partial charge in [0.1, 0.15) is 0 Å². The van der Waals surface area contributed by atoms with Crippen molar-refractivity contribution in [3.05, 3.63) is 0 Å². The summed E-state index contributed by atoms with van der Waals surface area (Å²) in [5, 5.41) is 0. The minimum atomic E-state index is 0.551. The predicted octanol–water partition coefficient (Wildman–Crippen LogP) is 1.15. The second kappa shape index (κ2) is 3.95. The van der Waals surface area contributed by atoms with Crippen LogP contribution in [0.5, 0.6) is 0 Å². The van der Waals surface area contributed by atoms with Gasteiger partial charge in [-0.05, 0) is 33.1 Å². The zero-order chi connectivity index (χ0) is 9.26. The van der Waals surface area contributed by atoms with Crippen LogP contribution >= 0.6 is 0 Å². The molecule has 1 aliphatic heterocycles. The Bertz CT molecular complexity index is 170. The molecule has 2 fully saturated rings. The summed E-state index contributed by atoms with van der Waals surface area (Å²) < 4.78 is 0. The maximum absolute atomic E-state index is 5.24. The molecule has 3 heteroatoms. The molecule has 0 aromatic heterocycles. The molecule has 1 aliphatic carbocycles. The first-order valence-electron chi connectivity index (χ1n) is 5.44. The van der Waals surface area contributed by atoms with Crippen molar-refractivity contribution in [1.82, 2.24) is 10.4 Å². The van der Waals surface area contributed by atoms with E-state index in [-0.39, 0.29) is 0 Å². The average Bonchev–Trinajstić information content (AvgIpc) is 2.88. The van der Waals surface area contributed by atoms with E-state index in [0.717, 1.165) is 18.7 Å². The minimum Gasteiger partial charge on any atom is -0.302 e. The van der Waals surface area contributed by atoms with Gasteiger partial charge in [-0.2, -0.15) is 5.48 Å². The number of hydrogen-bond donors (Lipinski definition) is 1. The lowest BCUT2D eigenvalue weighted by molar-refractivity contribution is 0.0265. The fourth-order valence-corrected chi connectivity index (χ4v) is 2.26. The molecule has 0 aromatic carbocycles. The first kappa shape index (κ1) is 9.44. The summed E-state index contributed by atoms with van der Waals surface area (Å²) in [6, 6.07) is 2.18. The molecule has 2 aliphatic rings. The maximum Gasteiger partial charge on any atom is 0.0654 e. The van der Waals surface area contributed by atoms with Crippen molar-refractivity contribution in [2.45, 2.75) is 51.2 Å². The number of likely N-dealkylation sites (tertiary alicyclic amines) is 1. The van der Waals surface area contributed by atoms with E-state index in [4.69, 9.17) is 4.84 Å². The van der Waals surface area contributed by atoms with E-state index in [1.807, 2.05) is 6.92 Å². The van der Waals surface area contributed by atoms with Crippen LogP contribution in [0.25, 0.3) is 0 Å². The van der Waals surface area contributed by atoms with Crippen LogP contribution in [0.2, 0.25) is 0 Å². The van der Waals surface area contributed by atoms with Crippen LogP contribution in [0.15, 0.2) is 0 Å². The Balaban J connectivity index is 1.76. The van der Waals surface area contributed by atoms with Gasteiger partial charge in [-0.3, -0.25) is 4.90 Å². The van der Waals surface area contributed by atoms with Crippen LogP contribution < -0.4 is 5.48 Å². The summed E-state index contributed by atoms with van der Waals surface area (Å²) in [5.41, 5.74) is 3.13. The molecule has 1 N–H and O–H groups in total. The first-order valence-corrected chi connectivity index (χ1v) is 5.44. The number of hydrogen-bond acceptors (Lipinski definition) is 3. The Morgan fingerprint density at radius 2 is 2.23 bits per heavy atom. The summed E-state index contributed by atoms with van der Waals surface area (Å²) >= 11 is 0. The van der Waals surface area contributed by atoms with E-state index in [1.165, 1.54) is 25.8 Å². The highest BCUT2D eigenvalue weighted by Crippen LogP contribution is 2.33. The topological polar surface area (TPSA) is 24.5 Å². The highest BCUT2D eigenvalue weighted by Gasteiger charge is 2.38. The molecular formula is C10H20N2O. The molecule has 0 aromatic rings. The van der Waals surface area contributed by atoms with Gasteiger partial charge >= 0.3 is 0 Å². The van der Waals surface area contributed by atoms with Gasteiger partial charge in [0.05, 0.1) is 6.61 Å². The third-order valence-electron chi connectivity index (χ3n) is 3.03. The third-order valence-corrected chi connectivity index (χ3v) is 3.03. The molecule has 1 saturated heterocycles. The summed E-state index contributed by atoms with van der Waals surface area (Å²) in [7, 11) is 0. The average molecular weight is 184 g/mol. The normalized spacial score (nSPS) is 35.5. The minimum absolute atomic E-state index is 0.551. The molecular weight excluding hydrogens is 164 g/mol. The van der Waals surface area contributed by atoms with Crippen molar-refractivity contribution in [2.75, 3.05) is 13.2 Å². The Kier molecular flexibility index (Phi) is 2.86. The molecule has 13 heavy (non-hydrogen) atoms. The van der Waals surface area contributed by atoms with E-state index in [9.17, 15) is 0 Å². The van der Waals surface area contributed by atoms with Crippen LogP contribution in [0.1, 0.15) is 33.1 Å². The maximum atomic E-state index is 5.24. The third kappa shape index (κ3) is 2.22. The van der Waals surface area contributed by atoms with Crippen molar-refractivity contribution in [3.8, 4) is 0 Å². The standard InChI is InChI=1S/C10H20N2O/c1-3-13-11-9-6-8(2)12(7-9)10-4-5-10/h8-11H,3-7H2,1-2H3. The molecule has 76 valence electrons. The number of nitrogens with zero attached hydrogens (tertiary/aromatic N) is 1. The molecule has 2 atom stereocenters. The van der Waals surface area contributed by atoms with Gasteiger partial charge < -0.3 is 4.84 Å². The zero-order valence-electron chi connectivity index (χ0n) is 8.62. The van der Waals surface area contributed by atoms with Crippen molar-refractivity contribution in [1.29, 1.82) is 0 Å². The Morgan fingerprint density at radius 1 is 1.46 bits per heavy atom. The summed E-state index contributed by atoms with van der Waals surface area (Å²) in [5.74, 6) is 0. The van der Waals surface area contributed by atoms with Crippen molar-refractivity contribution in [3.63, 3.8) is 0 Å². The van der Waals surface area contributed by atoms with Crippen molar-refractivity contribution >= 4 is 0 Å². The van der Waals surface area contributed by atoms with E-state index >= 15 is 0 Å². The van der Waals surface area contributed by atoms with Gasteiger partial charge in [0.2, 0.25) is 0 Å². The molecule has 2 unspecified atom stereocenters. The molecule has 0 radical (unpaired) electrons. The Hall–Kier alpha value is -0.120. The molecule has 1 heterocycles.